The summed E-state index contributed by atoms with van der Waals surface area (Å²) in [5.74, 6) is 0.851. The molecule has 20 heavy (non-hydrogen) atoms. The molecule has 0 amide bonds. The SMILES string of the molecule is COc1ccc(Cl)cc1CNCC1(CO)CCCCC1. The lowest BCUT2D eigenvalue weighted by Crippen LogP contribution is -2.38. The number of nitrogens with one attached hydrogen (secondary N) is 1. The molecule has 0 aliphatic heterocycles. The van der Waals surface area contributed by atoms with Crippen LogP contribution < -0.4 is 10.1 Å². The maximum atomic E-state index is 9.70. The maximum absolute atomic E-state index is 9.70. The van der Waals surface area contributed by atoms with E-state index in [2.05, 4.69) is 5.32 Å². The van der Waals surface area contributed by atoms with Gasteiger partial charge in [0.15, 0.2) is 0 Å². The van der Waals surface area contributed by atoms with Gasteiger partial charge in [0.25, 0.3) is 0 Å². The normalized spacial score (nSPS) is 17.9. The summed E-state index contributed by atoms with van der Waals surface area (Å²) >= 11 is 6.03. The quantitative estimate of drug-likeness (QED) is 0.846. The van der Waals surface area contributed by atoms with Gasteiger partial charge in [-0.25, -0.2) is 0 Å². The van der Waals surface area contributed by atoms with Crippen molar-refractivity contribution in [3.05, 3.63) is 28.8 Å². The van der Waals surface area contributed by atoms with E-state index in [-0.39, 0.29) is 12.0 Å². The highest BCUT2D eigenvalue weighted by Crippen LogP contribution is 2.35. The van der Waals surface area contributed by atoms with E-state index in [1.807, 2.05) is 18.2 Å². The van der Waals surface area contributed by atoms with Gasteiger partial charge in [0.2, 0.25) is 0 Å². The molecule has 3 nitrogen and oxygen atoms in total. The van der Waals surface area contributed by atoms with E-state index in [1.54, 1.807) is 7.11 Å². The summed E-state index contributed by atoms with van der Waals surface area (Å²) in [6.45, 7) is 1.83. The molecule has 1 aliphatic rings. The summed E-state index contributed by atoms with van der Waals surface area (Å²) in [6.07, 6.45) is 5.97. The van der Waals surface area contributed by atoms with Crippen LogP contribution in [0.3, 0.4) is 0 Å². The number of ether oxygens (including phenoxy) is 1. The number of aliphatic hydroxyl groups is 1. The van der Waals surface area contributed by atoms with Crippen LogP contribution in [0.4, 0.5) is 0 Å². The molecule has 0 heterocycles. The maximum Gasteiger partial charge on any atom is 0.123 e. The zero-order valence-electron chi connectivity index (χ0n) is 12.1. The minimum Gasteiger partial charge on any atom is -0.496 e. The van der Waals surface area contributed by atoms with Crippen LogP contribution in [0.1, 0.15) is 37.7 Å². The molecule has 1 aromatic rings. The van der Waals surface area contributed by atoms with Crippen LogP contribution in [0.2, 0.25) is 5.02 Å². The zero-order chi connectivity index (χ0) is 14.4. The molecular weight excluding hydrogens is 274 g/mol. The molecule has 1 aliphatic carbocycles. The fourth-order valence-corrected chi connectivity index (χ4v) is 3.23. The van der Waals surface area contributed by atoms with Gasteiger partial charge in [0, 0.05) is 35.7 Å². The van der Waals surface area contributed by atoms with Crippen LogP contribution >= 0.6 is 11.6 Å². The van der Waals surface area contributed by atoms with Crippen molar-refractivity contribution >= 4 is 11.6 Å². The zero-order valence-corrected chi connectivity index (χ0v) is 12.9. The van der Waals surface area contributed by atoms with Crippen LogP contribution in [0, 0.1) is 5.41 Å². The highest BCUT2D eigenvalue weighted by Gasteiger charge is 2.30. The number of hydrogen-bond acceptors (Lipinski definition) is 3. The van der Waals surface area contributed by atoms with Crippen molar-refractivity contribution in [2.24, 2.45) is 5.41 Å². The Bertz CT molecular complexity index is 430. The first-order valence-corrected chi connectivity index (χ1v) is 7.71. The molecular formula is C16H24ClNO2. The molecule has 1 aromatic carbocycles. The van der Waals surface area contributed by atoms with Gasteiger partial charge in [0.1, 0.15) is 5.75 Å². The third-order valence-electron chi connectivity index (χ3n) is 4.31. The van der Waals surface area contributed by atoms with Gasteiger partial charge >= 0.3 is 0 Å². The lowest BCUT2D eigenvalue weighted by Gasteiger charge is -2.35. The van der Waals surface area contributed by atoms with E-state index < -0.39 is 0 Å². The van der Waals surface area contributed by atoms with E-state index in [1.165, 1.54) is 19.3 Å². The van der Waals surface area contributed by atoms with E-state index in [0.29, 0.717) is 6.54 Å². The molecule has 4 heteroatoms. The average molecular weight is 298 g/mol. The Morgan fingerprint density at radius 1 is 1.30 bits per heavy atom. The summed E-state index contributed by atoms with van der Waals surface area (Å²) in [5, 5.41) is 13.9. The van der Waals surface area contributed by atoms with Gasteiger partial charge in [-0.15, -0.1) is 0 Å². The molecule has 0 atom stereocenters. The molecule has 112 valence electrons. The molecule has 0 spiro atoms. The summed E-state index contributed by atoms with van der Waals surface area (Å²) in [6, 6.07) is 5.65. The van der Waals surface area contributed by atoms with E-state index in [0.717, 1.165) is 35.7 Å². The Morgan fingerprint density at radius 2 is 2.05 bits per heavy atom. The minimum atomic E-state index is 0.0596. The summed E-state index contributed by atoms with van der Waals surface area (Å²) < 4.78 is 5.35. The third-order valence-corrected chi connectivity index (χ3v) is 4.54. The van der Waals surface area contributed by atoms with Gasteiger partial charge in [0.05, 0.1) is 7.11 Å². The van der Waals surface area contributed by atoms with Crippen LogP contribution in [0.5, 0.6) is 5.75 Å². The number of halogens is 1. The highest BCUT2D eigenvalue weighted by molar-refractivity contribution is 6.30. The summed E-state index contributed by atoms with van der Waals surface area (Å²) in [5.41, 5.74) is 1.12. The monoisotopic (exact) mass is 297 g/mol. The Hall–Kier alpha value is -0.770. The standard InChI is InChI=1S/C16H24ClNO2/c1-20-15-6-5-14(17)9-13(15)10-18-11-16(12-19)7-3-2-4-8-16/h5-6,9,18-19H,2-4,7-8,10-12H2,1H3. The predicted octanol–water partition coefficient (Wildman–Crippen LogP) is 3.38. The number of methoxy groups -OCH3 is 1. The van der Waals surface area contributed by atoms with Crippen molar-refractivity contribution in [2.75, 3.05) is 20.3 Å². The van der Waals surface area contributed by atoms with Crippen molar-refractivity contribution < 1.29 is 9.84 Å². The molecule has 0 radical (unpaired) electrons. The van der Waals surface area contributed by atoms with Crippen LogP contribution in [0.15, 0.2) is 18.2 Å². The number of benzene rings is 1. The summed E-state index contributed by atoms with van der Waals surface area (Å²) in [7, 11) is 1.67. The van der Waals surface area contributed by atoms with E-state index in [9.17, 15) is 5.11 Å². The van der Waals surface area contributed by atoms with Gasteiger partial charge in [-0.2, -0.15) is 0 Å². The third kappa shape index (κ3) is 3.87. The molecule has 1 saturated carbocycles. The number of rotatable bonds is 6. The first kappa shape index (κ1) is 15.6. The largest absolute Gasteiger partial charge is 0.496 e. The van der Waals surface area contributed by atoms with Crippen molar-refractivity contribution in [1.82, 2.24) is 5.32 Å². The lowest BCUT2D eigenvalue weighted by molar-refractivity contribution is 0.0810. The molecule has 0 unspecified atom stereocenters. The number of aliphatic hydroxyl groups excluding tert-OH is 1. The predicted molar refractivity (Wildman–Crippen MR) is 82.3 cm³/mol. The average Bonchev–Trinajstić information content (AvgIpc) is 2.48. The Labute approximate surface area is 126 Å². The van der Waals surface area contributed by atoms with E-state index >= 15 is 0 Å². The first-order chi connectivity index (χ1) is 9.69. The first-order valence-electron chi connectivity index (χ1n) is 7.33. The van der Waals surface area contributed by atoms with E-state index in [4.69, 9.17) is 16.3 Å². The van der Waals surface area contributed by atoms with Gasteiger partial charge < -0.3 is 15.2 Å². The van der Waals surface area contributed by atoms with Crippen molar-refractivity contribution in [3.63, 3.8) is 0 Å². The Balaban J connectivity index is 1.93. The topological polar surface area (TPSA) is 41.5 Å². The van der Waals surface area contributed by atoms with Crippen LogP contribution in [-0.2, 0) is 6.54 Å². The molecule has 2 rings (SSSR count). The van der Waals surface area contributed by atoms with Gasteiger partial charge in [-0.1, -0.05) is 30.9 Å². The second-order valence-corrected chi connectivity index (χ2v) is 6.21. The van der Waals surface area contributed by atoms with Crippen molar-refractivity contribution in [2.45, 2.75) is 38.6 Å². The van der Waals surface area contributed by atoms with Crippen molar-refractivity contribution in [3.8, 4) is 5.75 Å². The minimum absolute atomic E-state index is 0.0596. The fourth-order valence-electron chi connectivity index (χ4n) is 3.04. The Kier molecular flexibility index (Phi) is 5.70. The van der Waals surface area contributed by atoms with Gasteiger partial charge in [-0.3, -0.25) is 0 Å². The second-order valence-electron chi connectivity index (χ2n) is 5.78. The molecule has 1 fully saturated rings. The second kappa shape index (κ2) is 7.30. The van der Waals surface area contributed by atoms with Gasteiger partial charge in [-0.05, 0) is 31.0 Å². The lowest BCUT2D eigenvalue weighted by atomic mass is 9.74. The molecule has 0 saturated heterocycles. The molecule has 0 bridgehead atoms. The number of hydrogen-bond donors (Lipinski definition) is 2. The smallest absolute Gasteiger partial charge is 0.123 e. The van der Waals surface area contributed by atoms with Crippen LogP contribution in [0.25, 0.3) is 0 Å². The highest BCUT2D eigenvalue weighted by atomic mass is 35.5. The van der Waals surface area contributed by atoms with Crippen LogP contribution in [-0.4, -0.2) is 25.4 Å². The molecule has 2 N–H and O–H groups in total. The van der Waals surface area contributed by atoms with Crippen molar-refractivity contribution in [1.29, 1.82) is 0 Å². The fraction of sp³-hybridized carbons (Fsp3) is 0.625. The molecule has 0 aromatic heterocycles. The summed E-state index contributed by atoms with van der Waals surface area (Å²) in [4.78, 5) is 0. The Morgan fingerprint density at radius 3 is 2.70 bits per heavy atom.